The molecule has 0 saturated heterocycles. The Balaban J connectivity index is 1.91. The average Bonchev–Trinajstić information content (AvgIpc) is 2.89. The molecule has 2 aromatic rings. The van der Waals surface area contributed by atoms with Gasteiger partial charge in [-0.05, 0) is 28.5 Å². The van der Waals surface area contributed by atoms with Crippen LogP contribution in [0.2, 0.25) is 0 Å². The lowest BCUT2D eigenvalue weighted by Gasteiger charge is -2.20. The highest BCUT2D eigenvalue weighted by Gasteiger charge is 2.39. The summed E-state index contributed by atoms with van der Waals surface area (Å²) in [6.07, 6.45) is 3.03. The van der Waals surface area contributed by atoms with E-state index in [-0.39, 0.29) is 12.1 Å². The van der Waals surface area contributed by atoms with Crippen LogP contribution in [0.15, 0.2) is 71.2 Å². The smallest absolute Gasteiger partial charge is 0.203 e. The molecule has 0 amide bonds. The lowest BCUT2D eigenvalue weighted by molar-refractivity contribution is 0.235. The van der Waals surface area contributed by atoms with Crippen molar-refractivity contribution in [1.82, 2.24) is 0 Å². The number of fused-ring (bicyclic) bond motifs is 4. The lowest BCUT2D eigenvalue weighted by atomic mass is 9.88. The zero-order valence-electron chi connectivity index (χ0n) is 11.5. The van der Waals surface area contributed by atoms with Crippen molar-refractivity contribution in [3.05, 3.63) is 66.8 Å². The molecule has 0 aliphatic carbocycles. The molecule has 2 unspecified atom stereocenters. The van der Waals surface area contributed by atoms with E-state index in [2.05, 4.69) is 47.4 Å². The first-order valence-electron chi connectivity index (χ1n) is 6.88. The highest BCUT2D eigenvalue weighted by atomic mass is 16.5. The second-order valence-electron chi connectivity index (χ2n) is 5.23. The van der Waals surface area contributed by atoms with Crippen LogP contribution in [0.25, 0.3) is 10.8 Å². The molecule has 102 valence electrons. The number of ether oxygens (including phenoxy) is 1. The molecule has 0 bridgehead atoms. The van der Waals surface area contributed by atoms with Gasteiger partial charge in [-0.2, -0.15) is 0 Å². The third kappa shape index (κ3) is 1.74. The molecule has 2 aliphatic rings. The minimum Gasteiger partial charge on any atom is -0.467 e. The van der Waals surface area contributed by atoms with Crippen LogP contribution in [0, 0.1) is 0 Å². The molecule has 0 radical (unpaired) electrons. The van der Waals surface area contributed by atoms with Crippen molar-refractivity contribution in [2.24, 2.45) is 9.98 Å². The van der Waals surface area contributed by atoms with Gasteiger partial charge in [-0.3, -0.25) is 0 Å². The van der Waals surface area contributed by atoms with Gasteiger partial charge < -0.3 is 4.74 Å². The second-order valence-corrected chi connectivity index (χ2v) is 5.23. The fourth-order valence-electron chi connectivity index (χ4n) is 2.96. The zero-order valence-corrected chi connectivity index (χ0v) is 11.5. The Bertz CT molecular complexity index is 832. The average molecular weight is 274 g/mol. The highest BCUT2D eigenvalue weighted by molar-refractivity contribution is 6.11. The molecule has 3 nitrogen and oxygen atoms in total. The maximum Gasteiger partial charge on any atom is 0.203 e. The Kier molecular flexibility index (Phi) is 2.54. The summed E-state index contributed by atoms with van der Waals surface area (Å²) >= 11 is 0. The Labute approximate surface area is 123 Å². The van der Waals surface area contributed by atoms with Crippen LogP contribution in [0.3, 0.4) is 0 Å². The van der Waals surface area contributed by atoms with E-state index in [0.717, 1.165) is 22.6 Å². The normalized spacial score (nSPS) is 22.2. The molecule has 3 heteroatoms. The van der Waals surface area contributed by atoms with E-state index < -0.39 is 0 Å². The SMILES string of the molecule is C=CC(=C)C1=NC=NC2Oc3cc4ccccc4cc3C12. The first-order valence-corrected chi connectivity index (χ1v) is 6.88. The first-order chi connectivity index (χ1) is 10.3. The van der Waals surface area contributed by atoms with Crippen LogP contribution in [0.1, 0.15) is 11.5 Å². The summed E-state index contributed by atoms with van der Waals surface area (Å²) in [7, 11) is 0. The van der Waals surface area contributed by atoms with Gasteiger partial charge in [-0.25, -0.2) is 9.98 Å². The van der Waals surface area contributed by atoms with Crippen LogP contribution in [0.5, 0.6) is 5.75 Å². The predicted molar refractivity (Wildman–Crippen MR) is 86.4 cm³/mol. The minimum atomic E-state index is -0.249. The van der Waals surface area contributed by atoms with E-state index in [1.165, 1.54) is 10.8 Å². The van der Waals surface area contributed by atoms with Gasteiger partial charge in [0.25, 0.3) is 0 Å². The van der Waals surface area contributed by atoms with E-state index >= 15 is 0 Å². The van der Waals surface area contributed by atoms with Gasteiger partial charge in [0.1, 0.15) is 12.1 Å². The third-order valence-electron chi connectivity index (χ3n) is 4.03. The number of hydrogen-bond donors (Lipinski definition) is 0. The number of hydrogen-bond acceptors (Lipinski definition) is 3. The summed E-state index contributed by atoms with van der Waals surface area (Å²) < 4.78 is 5.99. The van der Waals surface area contributed by atoms with Gasteiger partial charge in [-0.15, -0.1) is 0 Å². The standard InChI is InChI=1S/C18H14N2O/c1-3-11(2)17-16-14-8-12-6-4-5-7-13(12)9-15(14)21-18(16)20-10-19-17/h3-10,16,18H,1-2H2. The maximum atomic E-state index is 5.99. The summed E-state index contributed by atoms with van der Waals surface area (Å²) in [5.74, 6) is 0.882. The Morgan fingerprint density at radius 3 is 2.71 bits per heavy atom. The molecule has 0 saturated carbocycles. The van der Waals surface area contributed by atoms with Crippen molar-refractivity contribution in [3.63, 3.8) is 0 Å². The molecule has 2 aliphatic heterocycles. The molecular weight excluding hydrogens is 260 g/mol. The van der Waals surface area contributed by atoms with Crippen molar-refractivity contribution in [1.29, 1.82) is 0 Å². The summed E-state index contributed by atoms with van der Waals surface area (Å²) in [6.45, 7) is 7.82. The number of nitrogens with zero attached hydrogens (tertiary/aromatic N) is 2. The quantitative estimate of drug-likeness (QED) is 0.765. The van der Waals surface area contributed by atoms with Gasteiger partial charge in [0.05, 0.1) is 11.6 Å². The molecule has 0 N–H and O–H groups in total. The maximum absolute atomic E-state index is 5.99. The van der Waals surface area contributed by atoms with Gasteiger partial charge in [0.15, 0.2) is 0 Å². The van der Waals surface area contributed by atoms with Crippen LogP contribution in [-0.2, 0) is 0 Å². The lowest BCUT2D eigenvalue weighted by Crippen LogP contribution is -2.27. The Hall–Kier alpha value is -2.68. The number of allylic oxidation sites excluding steroid dienone is 2. The monoisotopic (exact) mass is 274 g/mol. The van der Waals surface area contributed by atoms with E-state index in [1.807, 2.05) is 12.1 Å². The topological polar surface area (TPSA) is 34.0 Å². The summed E-state index contributed by atoms with van der Waals surface area (Å²) in [5, 5.41) is 2.36. The largest absolute Gasteiger partial charge is 0.467 e. The van der Waals surface area contributed by atoms with Gasteiger partial charge in [0, 0.05) is 5.56 Å². The first kappa shape index (κ1) is 12.1. The van der Waals surface area contributed by atoms with Crippen molar-refractivity contribution in [3.8, 4) is 5.75 Å². The van der Waals surface area contributed by atoms with Crippen LogP contribution >= 0.6 is 0 Å². The Morgan fingerprint density at radius 2 is 1.95 bits per heavy atom. The molecule has 0 fully saturated rings. The van der Waals surface area contributed by atoms with Crippen molar-refractivity contribution in [2.75, 3.05) is 0 Å². The van der Waals surface area contributed by atoms with Crippen molar-refractivity contribution >= 4 is 22.8 Å². The molecule has 2 aromatic carbocycles. The molecule has 0 aromatic heterocycles. The summed E-state index contributed by atoms with van der Waals surface area (Å²) in [5.41, 5.74) is 2.83. The summed E-state index contributed by atoms with van der Waals surface area (Å²) in [6, 6.07) is 12.5. The van der Waals surface area contributed by atoms with Crippen LogP contribution < -0.4 is 4.74 Å². The van der Waals surface area contributed by atoms with E-state index in [1.54, 1.807) is 12.4 Å². The van der Waals surface area contributed by atoms with Gasteiger partial charge in [-0.1, -0.05) is 43.5 Å². The zero-order chi connectivity index (χ0) is 14.4. The molecule has 2 atom stereocenters. The minimum absolute atomic E-state index is 0.0000983. The molecule has 0 spiro atoms. The number of rotatable bonds is 2. The fourth-order valence-corrected chi connectivity index (χ4v) is 2.96. The van der Waals surface area contributed by atoms with Gasteiger partial charge in [0.2, 0.25) is 6.23 Å². The van der Waals surface area contributed by atoms with Crippen molar-refractivity contribution < 1.29 is 4.74 Å². The van der Waals surface area contributed by atoms with Crippen LogP contribution in [0.4, 0.5) is 0 Å². The predicted octanol–water partition coefficient (Wildman–Crippen LogP) is 3.87. The molecule has 2 heterocycles. The Morgan fingerprint density at radius 1 is 1.19 bits per heavy atom. The summed E-state index contributed by atoms with van der Waals surface area (Å²) in [4.78, 5) is 8.75. The number of aliphatic imine (C=N–C) groups is 2. The van der Waals surface area contributed by atoms with E-state index in [4.69, 9.17) is 4.74 Å². The van der Waals surface area contributed by atoms with Crippen molar-refractivity contribution in [2.45, 2.75) is 12.1 Å². The van der Waals surface area contributed by atoms with Gasteiger partial charge >= 0.3 is 0 Å². The molecule has 4 rings (SSSR count). The fraction of sp³-hybridized carbons (Fsp3) is 0.111. The van der Waals surface area contributed by atoms with E-state index in [9.17, 15) is 0 Å². The molecule has 21 heavy (non-hydrogen) atoms. The van der Waals surface area contributed by atoms with Crippen LogP contribution in [-0.4, -0.2) is 18.3 Å². The second kappa shape index (κ2) is 4.42. The van der Waals surface area contributed by atoms with E-state index in [0.29, 0.717) is 0 Å². The molecular formula is C18H14N2O. The highest BCUT2D eigenvalue weighted by Crippen LogP contribution is 2.43. The number of benzene rings is 2. The third-order valence-corrected chi connectivity index (χ3v) is 4.03.